The summed E-state index contributed by atoms with van der Waals surface area (Å²) in [6.45, 7) is 1.06. The molecular formula is C12H14N2O4. The van der Waals surface area contributed by atoms with Crippen LogP contribution in [0.4, 0.5) is 5.69 Å². The third kappa shape index (κ3) is 4.75. The number of Topliss-reactive ketones (excluding diaryl/α,β-unsaturated/α-hetero) is 1. The molecule has 0 aromatic heterocycles. The molecule has 0 radical (unpaired) electrons. The smallest absolute Gasteiger partial charge is 0.317 e. The molecule has 1 aromatic carbocycles. The Hall–Kier alpha value is -2.21. The number of carbonyl (C=O) groups excluding carboxylic acids is 2. The number of carboxylic acids is 1. The zero-order valence-corrected chi connectivity index (χ0v) is 9.90. The lowest BCUT2D eigenvalue weighted by Crippen LogP contribution is -2.31. The van der Waals surface area contributed by atoms with Gasteiger partial charge in [0.2, 0.25) is 5.91 Å². The van der Waals surface area contributed by atoms with Crippen molar-refractivity contribution >= 4 is 23.3 Å². The first-order valence-electron chi connectivity index (χ1n) is 5.32. The third-order valence-corrected chi connectivity index (χ3v) is 2.11. The molecule has 3 N–H and O–H groups in total. The van der Waals surface area contributed by atoms with Crippen LogP contribution in [-0.2, 0) is 9.59 Å². The van der Waals surface area contributed by atoms with Gasteiger partial charge in [-0.3, -0.25) is 19.7 Å². The highest BCUT2D eigenvalue weighted by Crippen LogP contribution is 2.10. The lowest BCUT2D eigenvalue weighted by atomic mass is 10.1. The summed E-state index contributed by atoms with van der Waals surface area (Å²) in [5.74, 6) is -1.48. The minimum atomic E-state index is -1.03. The van der Waals surface area contributed by atoms with Crippen molar-refractivity contribution in [2.45, 2.75) is 6.92 Å². The Balaban J connectivity index is 2.51. The minimum Gasteiger partial charge on any atom is -0.480 e. The highest BCUT2D eigenvalue weighted by molar-refractivity contribution is 5.97. The van der Waals surface area contributed by atoms with Gasteiger partial charge in [-0.25, -0.2) is 0 Å². The molecule has 0 saturated carbocycles. The lowest BCUT2D eigenvalue weighted by Gasteiger charge is -2.06. The number of aliphatic carboxylic acids is 1. The summed E-state index contributed by atoms with van der Waals surface area (Å²) >= 11 is 0. The van der Waals surface area contributed by atoms with Crippen LogP contribution in [0.3, 0.4) is 0 Å². The molecule has 1 amide bonds. The van der Waals surface area contributed by atoms with E-state index in [1.54, 1.807) is 24.3 Å². The molecule has 0 aliphatic carbocycles. The standard InChI is InChI=1S/C12H14N2O4/c1-8(15)9-3-2-4-10(5-9)14-11(16)6-13-7-12(17)18/h2-5,13H,6-7H2,1H3,(H,14,16)(H,17,18). The predicted octanol–water partition coefficient (Wildman–Crippen LogP) is 0.502. The molecule has 0 saturated heterocycles. The third-order valence-electron chi connectivity index (χ3n) is 2.11. The molecule has 0 heterocycles. The van der Waals surface area contributed by atoms with Gasteiger partial charge in [-0.2, -0.15) is 0 Å². The van der Waals surface area contributed by atoms with E-state index in [0.29, 0.717) is 11.3 Å². The number of ketones is 1. The van der Waals surface area contributed by atoms with Gasteiger partial charge in [0.25, 0.3) is 0 Å². The number of rotatable bonds is 6. The number of nitrogens with one attached hydrogen (secondary N) is 2. The summed E-state index contributed by atoms with van der Waals surface area (Å²) in [5, 5.41) is 13.4. The number of amides is 1. The van der Waals surface area contributed by atoms with E-state index in [9.17, 15) is 14.4 Å². The number of carbonyl (C=O) groups is 3. The van der Waals surface area contributed by atoms with Gasteiger partial charge in [0.15, 0.2) is 5.78 Å². The van der Waals surface area contributed by atoms with Gasteiger partial charge in [0, 0.05) is 11.3 Å². The van der Waals surface area contributed by atoms with Gasteiger partial charge in [0.05, 0.1) is 13.1 Å². The Morgan fingerprint density at radius 1 is 1.22 bits per heavy atom. The number of carboxylic acid groups (broad SMARTS) is 1. The summed E-state index contributed by atoms with van der Waals surface area (Å²) in [7, 11) is 0. The lowest BCUT2D eigenvalue weighted by molar-refractivity contribution is -0.135. The molecule has 0 bridgehead atoms. The molecule has 6 nitrogen and oxygen atoms in total. The predicted molar refractivity (Wildman–Crippen MR) is 65.6 cm³/mol. The van der Waals surface area contributed by atoms with Crippen molar-refractivity contribution in [1.29, 1.82) is 0 Å². The summed E-state index contributed by atoms with van der Waals surface area (Å²) in [6.07, 6.45) is 0. The van der Waals surface area contributed by atoms with Crippen LogP contribution in [0, 0.1) is 0 Å². The topological polar surface area (TPSA) is 95.5 Å². The molecule has 0 atom stereocenters. The van der Waals surface area contributed by atoms with Crippen LogP contribution in [0.5, 0.6) is 0 Å². The molecule has 0 fully saturated rings. The summed E-state index contributed by atoms with van der Waals surface area (Å²) in [5.41, 5.74) is 1.01. The maximum absolute atomic E-state index is 11.4. The maximum Gasteiger partial charge on any atom is 0.317 e. The quantitative estimate of drug-likeness (QED) is 0.639. The van der Waals surface area contributed by atoms with Crippen LogP contribution < -0.4 is 10.6 Å². The molecule has 0 aliphatic heterocycles. The molecular weight excluding hydrogens is 236 g/mol. The summed E-state index contributed by atoms with van der Waals surface area (Å²) in [4.78, 5) is 32.8. The Kier molecular flexibility index (Phi) is 5.01. The fourth-order valence-corrected chi connectivity index (χ4v) is 1.30. The largest absolute Gasteiger partial charge is 0.480 e. The molecule has 1 rings (SSSR count). The van der Waals surface area contributed by atoms with Crippen molar-refractivity contribution in [3.05, 3.63) is 29.8 Å². The molecule has 96 valence electrons. The van der Waals surface area contributed by atoms with E-state index < -0.39 is 5.97 Å². The molecule has 0 unspecified atom stereocenters. The number of anilines is 1. The minimum absolute atomic E-state index is 0.0879. The van der Waals surface area contributed by atoms with Gasteiger partial charge < -0.3 is 10.4 Å². The Morgan fingerprint density at radius 3 is 2.56 bits per heavy atom. The van der Waals surface area contributed by atoms with E-state index in [0.717, 1.165) is 0 Å². The van der Waals surface area contributed by atoms with E-state index in [1.165, 1.54) is 6.92 Å². The molecule has 0 aliphatic rings. The van der Waals surface area contributed by atoms with Crippen molar-refractivity contribution in [1.82, 2.24) is 5.32 Å². The van der Waals surface area contributed by atoms with Crippen LogP contribution in [0.25, 0.3) is 0 Å². The maximum atomic E-state index is 11.4. The Labute approximate surface area is 104 Å². The number of hydrogen-bond acceptors (Lipinski definition) is 4. The monoisotopic (exact) mass is 250 g/mol. The average Bonchev–Trinajstić information content (AvgIpc) is 2.28. The molecule has 6 heteroatoms. The van der Waals surface area contributed by atoms with Gasteiger partial charge in [-0.1, -0.05) is 12.1 Å². The molecule has 0 spiro atoms. The van der Waals surface area contributed by atoms with Crippen LogP contribution in [0.15, 0.2) is 24.3 Å². The second kappa shape index (κ2) is 6.51. The Morgan fingerprint density at radius 2 is 1.94 bits per heavy atom. The van der Waals surface area contributed by atoms with Gasteiger partial charge >= 0.3 is 5.97 Å². The molecule has 1 aromatic rings. The van der Waals surface area contributed by atoms with Crippen LogP contribution in [-0.4, -0.2) is 35.9 Å². The van der Waals surface area contributed by atoms with E-state index in [-0.39, 0.29) is 24.8 Å². The van der Waals surface area contributed by atoms with E-state index in [4.69, 9.17) is 5.11 Å². The van der Waals surface area contributed by atoms with Gasteiger partial charge in [-0.15, -0.1) is 0 Å². The van der Waals surface area contributed by atoms with Crippen LogP contribution in [0.2, 0.25) is 0 Å². The van der Waals surface area contributed by atoms with Crippen molar-refractivity contribution in [3.8, 4) is 0 Å². The van der Waals surface area contributed by atoms with E-state index in [2.05, 4.69) is 10.6 Å². The SMILES string of the molecule is CC(=O)c1cccc(NC(=O)CNCC(=O)O)c1. The fraction of sp³-hybridized carbons (Fsp3) is 0.250. The summed E-state index contributed by atoms with van der Waals surface area (Å²) in [6, 6.07) is 6.54. The van der Waals surface area contributed by atoms with Gasteiger partial charge in [0.1, 0.15) is 0 Å². The zero-order valence-electron chi connectivity index (χ0n) is 9.90. The van der Waals surface area contributed by atoms with E-state index in [1.807, 2.05) is 0 Å². The van der Waals surface area contributed by atoms with Crippen molar-refractivity contribution < 1.29 is 19.5 Å². The first-order valence-corrected chi connectivity index (χ1v) is 5.32. The highest BCUT2D eigenvalue weighted by atomic mass is 16.4. The normalized spacial score (nSPS) is 9.83. The number of hydrogen-bond donors (Lipinski definition) is 3. The van der Waals surface area contributed by atoms with Crippen molar-refractivity contribution in [2.75, 3.05) is 18.4 Å². The van der Waals surface area contributed by atoms with E-state index >= 15 is 0 Å². The van der Waals surface area contributed by atoms with Crippen LogP contribution in [0.1, 0.15) is 17.3 Å². The van der Waals surface area contributed by atoms with Gasteiger partial charge in [-0.05, 0) is 19.1 Å². The first kappa shape index (κ1) is 13.9. The zero-order chi connectivity index (χ0) is 13.5. The Bertz CT molecular complexity index is 471. The number of benzene rings is 1. The summed E-state index contributed by atoms with van der Waals surface area (Å²) < 4.78 is 0. The molecule has 18 heavy (non-hydrogen) atoms. The highest BCUT2D eigenvalue weighted by Gasteiger charge is 2.05. The van der Waals surface area contributed by atoms with Crippen molar-refractivity contribution in [2.24, 2.45) is 0 Å². The fourth-order valence-electron chi connectivity index (χ4n) is 1.30. The second-order valence-electron chi connectivity index (χ2n) is 3.68. The first-order chi connectivity index (χ1) is 8.49. The second-order valence-corrected chi connectivity index (χ2v) is 3.68. The van der Waals surface area contributed by atoms with Crippen molar-refractivity contribution in [3.63, 3.8) is 0 Å². The van der Waals surface area contributed by atoms with Crippen LogP contribution >= 0.6 is 0 Å². The average molecular weight is 250 g/mol.